The summed E-state index contributed by atoms with van der Waals surface area (Å²) in [7, 11) is 0. The summed E-state index contributed by atoms with van der Waals surface area (Å²) in [6.45, 7) is 3.81. The number of amides is 1. The Morgan fingerprint density at radius 1 is 1.07 bits per heavy atom. The van der Waals surface area contributed by atoms with Gasteiger partial charge in [0.2, 0.25) is 0 Å². The first-order valence-corrected chi connectivity index (χ1v) is 8.89. The lowest BCUT2D eigenvalue weighted by molar-refractivity contribution is 0.102. The zero-order valence-electron chi connectivity index (χ0n) is 14.9. The molecule has 0 saturated carbocycles. The molecule has 2 aromatic heterocycles. The van der Waals surface area contributed by atoms with E-state index in [4.69, 9.17) is 11.6 Å². The number of fused-ring (bicyclic) bond motifs is 1. The third-order valence-corrected chi connectivity index (χ3v) is 4.68. The summed E-state index contributed by atoms with van der Waals surface area (Å²) in [5.74, 6) is -0.251. The van der Waals surface area contributed by atoms with Crippen LogP contribution in [-0.4, -0.2) is 20.5 Å². The molecule has 0 fully saturated rings. The van der Waals surface area contributed by atoms with Crippen molar-refractivity contribution >= 4 is 28.8 Å². The van der Waals surface area contributed by atoms with Crippen LogP contribution < -0.4 is 5.32 Å². The molecule has 0 aliphatic rings. The van der Waals surface area contributed by atoms with Crippen LogP contribution in [0.2, 0.25) is 5.02 Å². The Morgan fingerprint density at radius 2 is 1.85 bits per heavy atom. The number of carbonyl (C=O) groups is 1. The lowest BCUT2D eigenvalue weighted by Crippen LogP contribution is -2.16. The second-order valence-corrected chi connectivity index (χ2v) is 6.72. The largest absolute Gasteiger partial charge is 0.322 e. The van der Waals surface area contributed by atoms with Crippen LogP contribution in [0.15, 0.2) is 60.8 Å². The lowest BCUT2D eigenvalue weighted by Gasteiger charge is -2.09. The van der Waals surface area contributed by atoms with Crippen molar-refractivity contribution in [2.24, 2.45) is 0 Å². The van der Waals surface area contributed by atoms with E-state index in [1.54, 1.807) is 35.0 Å². The molecule has 2 aromatic carbocycles. The molecule has 4 rings (SSSR count). The minimum atomic E-state index is -0.251. The van der Waals surface area contributed by atoms with E-state index in [1.165, 1.54) is 0 Å². The van der Waals surface area contributed by atoms with Gasteiger partial charge in [-0.2, -0.15) is 5.10 Å². The number of anilines is 1. The van der Waals surface area contributed by atoms with Crippen LogP contribution in [0.1, 0.15) is 21.7 Å². The number of nitrogens with one attached hydrogen (secondary N) is 1. The number of aromatic nitrogens is 3. The van der Waals surface area contributed by atoms with Gasteiger partial charge in [-0.3, -0.25) is 4.79 Å². The van der Waals surface area contributed by atoms with E-state index < -0.39 is 0 Å². The first kappa shape index (κ1) is 17.2. The Hall–Kier alpha value is -3.18. The topological polar surface area (TPSA) is 59.3 Å². The fraction of sp³-hybridized carbons (Fsp3) is 0.0952. The van der Waals surface area contributed by atoms with Crippen LogP contribution in [0.5, 0.6) is 0 Å². The van der Waals surface area contributed by atoms with Gasteiger partial charge in [0.05, 0.1) is 17.0 Å². The molecule has 0 saturated heterocycles. The Bertz CT molecular complexity index is 1150. The lowest BCUT2D eigenvalue weighted by atomic mass is 10.1. The summed E-state index contributed by atoms with van der Waals surface area (Å²) in [6, 6.07) is 17.0. The molecule has 134 valence electrons. The standard InChI is InChI=1S/C21H17ClN4O/c1-13-19(15-7-4-3-5-8-15)20-23-12-18(14(2)26(20)25-13)21(27)24-17-10-6-9-16(22)11-17/h3-12H,1-2H3,(H,24,27). The van der Waals surface area contributed by atoms with Crippen molar-refractivity contribution in [1.82, 2.24) is 14.6 Å². The van der Waals surface area contributed by atoms with Gasteiger partial charge in [0.1, 0.15) is 0 Å². The predicted octanol–water partition coefficient (Wildman–Crippen LogP) is 4.92. The number of nitrogens with zero attached hydrogens (tertiary/aromatic N) is 3. The summed E-state index contributed by atoms with van der Waals surface area (Å²) in [5, 5.41) is 8.02. The average molecular weight is 377 g/mol. The van der Waals surface area contributed by atoms with Crippen LogP contribution in [0.3, 0.4) is 0 Å². The van der Waals surface area contributed by atoms with E-state index in [1.807, 2.05) is 44.2 Å². The van der Waals surface area contributed by atoms with Crippen molar-refractivity contribution in [1.29, 1.82) is 0 Å². The van der Waals surface area contributed by atoms with E-state index in [0.717, 1.165) is 28.2 Å². The van der Waals surface area contributed by atoms with Gasteiger partial charge < -0.3 is 5.32 Å². The van der Waals surface area contributed by atoms with E-state index in [2.05, 4.69) is 15.4 Å². The monoisotopic (exact) mass is 376 g/mol. The maximum atomic E-state index is 12.7. The zero-order chi connectivity index (χ0) is 19.0. The highest BCUT2D eigenvalue weighted by Crippen LogP contribution is 2.28. The Morgan fingerprint density at radius 3 is 2.59 bits per heavy atom. The fourth-order valence-electron chi connectivity index (χ4n) is 3.13. The number of aryl methyl sites for hydroxylation is 2. The Labute approximate surface area is 161 Å². The molecule has 2 heterocycles. The van der Waals surface area contributed by atoms with Gasteiger partial charge in [-0.1, -0.05) is 48.0 Å². The predicted molar refractivity (Wildman–Crippen MR) is 107 cm³/mol. The van der Waals surface area contributed by atoms with E-state index in [-0.39, 0.29) is 5.91 Å². The molecule has 0 aliphatic heterocycles. The Kier molecular flexibility index (Phi) is 4.38. The first-order valence-electron chi connectivity index (χ1n) is 8.52. The maximum Gasteiger partial charge on any atom is 0.259 e. The number of halogens is 1. The minimum Gasteiger partial charge on any atom is -0.322 e. The molecular weight excluding hydrogens is 360 g/mol. The second kappa shape index (κ2) is 6.85. The minimum absolute atomic E-state index is 0.251. The van der Waals surface area contributed by atoms with Crippen LogP contribution >= 0.6 is 11.6 Å². The van der Waals surface area contributed by atoms with Crippen molar-refractivity contribution in [3.63, 3.8) is 0 Å². The summed E-state index contributed by atoms with van der Waals surface area (Å²) >= 11 is 5.98. The molecule has 1 amide bonds. The van der Waals surface area contributed by atoms with Gasteiger partial charge in [0, 0.05) is 22.5 Å². The van der Waals surface area contributed by atoms with Crippen molar-refractivity contribution in [2.75, 3.05) is 5.32 Å². The third kappa shape index (κ3) is 3.17. The summed E-state index contributed by atoms with van der Waals surface area (Å²) < 4.78 is 1.73. The van der Waals surface area contributed by atoms with E-state index in [9.17, 15) is 4.79 Å². The first-order chi connectivity index (χ1) is 13.0. The van der Waals surface area contributed by atoms with Crippen molar-refractivity contribution < 1.29 is 4.79 Å². The van der Waals surface area contributed by atoms with Crippen LogP contribution in [0, 0.1) is 13.8 Å². The van der Waals surface area contributed by atoms with Crippen LogP contribution in [-0.2, 0) is 0 Å². The SMILES string of the molecule is Cc1nn2c(C)c(C(=O)Nc3cccc(Cl)c3)cnc2c1-c1ccccc1. The molecule has 0 spiro atoms. The van der Waals surface area contributed by atoms with Gasteiger partial charge in [0.15, 0.2) is 5.65 Å². The summed E-state index contributed by atoms with van der Waals surface area (Å²) in [4.78, 5) is 17.2. The molecule has 0 bridgehead atoms. The number of carbonyl (C=O) groups excluding carboxylic acids is 1. The Balaban J connectivity index is 1.76. The normalized spacial score (nSPS) is 10.9. The highest BCUT2D eigenvalue weighted by molar-refractivity contribution is 6.31. The molecule has 1 N–H and O–H groups in total. The van der Waals surface area contributed by atoms with E-state index >= 15 is 0 Å². The molecule has 0 atom stereocenters. The molecule has 6 heteroatoms. The smallest absolute Gasteiger partial charge is 0.259 e. The van der Waals surface area contributed by atoms with Gasteiger partial charge in [-0.05, 0) is 37.6 Å². The quantitative estimate of drug-likeness (QED) is 0.552. The molecule has 0 radical (unpaired) electrons. The van der Waals surface area contributed by atoms with Crippen molar-refractivity contribution in [2.45, 2.75) is 13.8 Å². The van der Waals surface area contributed by atoms with Crippen LogP contribution in [0.25, 0.3) is 16.8 Å². The van der Waals surface area contributed by atoms with Crippen molar-refractivity contribution in [3.05, 3.63) is 82.8 Å². The number of benzene rings is 2. The summed E-state index contributed by atoms with van der Waals surface area (Å²) in [6.07, 6.45) is 1.60. The molecule has 0 unspecified atom stereocenters. The van der Waals surface area contributed by atoms with Crippen LogP contribution in [0.4, 0.5) is 5.69 Å². The van der Waals surface area contributed by atoms with Gasteiger partial charge >= 0.3 is 0 Å². The number of rotatable bonds is 3. The highest BCUT2D eigenvalue weighted by atomic mass is 35.5. The zero-order valence-corrected chi connectivity index (χ0v) is 15.7. The number of hydrogen-bond acceptors (Lipinski definition) is 3. The van der Waals surface area contributed by atoms with Gasteiger partial charge in [-0.15, -0.1) is 0 Å². The van der Waals surface area contributed by atoms with Gasteiger partial charge in [-0.25, -0.2) is 9.50 Å². The third-order valence-electron chi connectivity index (χ3n) is 4.45. The molecule has 4 aromatic rings. The maximum absolute atomic E-state index is 12.7. The van der Waals surface area contributed by atoms with Crippen molar-refractivity contribution in [3.8, 4) is 11.1 Å². The molecule has 27 heavy (non-hydrogen) atoms. The van der Waals surface area contributed by atoms with Gasteiger partial charge in [0.25, 0.3) is 5.91 Å². The highest BCUT2D eigenvalue weighted by Gasteiger charge is 2.18. The molecular formula is C21H17ClN4O. The van der Waals surface area contributed by atoms with E-state index in [0.29, 0.717) is 16.3 Å². The average Bonchev–Trinajstić information content (AvgIpc) is 2.99. The number of hydrogen-bond donors (Lipinski definition) is 1. The second-order valence-electron chi connectivity index (χ2n) is 6.28. The fourth-order valence-corrected chi connectivity index (χ4v) is 3.32. The molecule has 0 aliphatic carbocycles. The molecule has 5 nitrogen and oxygen atoms in total. The summed E-state index contributed by atoms with van der Waals surface area (Å²) in [5.41, 5.74) is 5.44.